The van der Waals surface area contributed by atoms with E-state index in [1.165, 1.54) is 12.7 Å². The van der Waals surface area contributed by atoms with Gasteiger partial charge >= 0.3 is 5.97 Å². The van der Waals surface area contributed by atoms with E-state index >= 15 is 0 Å². The van der Waals surface area contributed by atoms with Gasteiger partial charge in [0.25, 0.3) is 0 Å². The summed E-state index contributed by atoms with van der Waals surface area (Å²) in [6.45, 7) is 3.57. The molecule has 6 rings (SSSR count). The molecule has 0 radical (unpaired) electrons. The minimum atomic E-state index is -0.283. The Morgan fingerprint density at radius 1 is 0.977 bits per heavy atom. The largest absolute Gasteiger partial charge is 0.468 e. The van der Waals surface area contributed by atoms with Crippen molar-refractivity contribution in [2.75, 3.05) is 25.2 Å². The van der Waals surface area contributed by atoms with Gasteiger partial charge in [0, 0.05) is 24.0 Å². The number of amidine groups is 1. The highest BCUT2D eigenvalue weighted by Gasteiger charge is 2.38. The predicted molar refractivity (Wildman–Crippen MR) is 167 cm³/mol. The number of nitrogens with zero attached hydrogens (tertiary/aromatic N) is 7. The molecule has 10 nitrogen and oxygen atoms in total. The van der Waals surface area contributed by atoms with Gasteiger partial charge in [0.15, 0.2) is 5.84 Å². The molecule has 10 heteroatoms. The van der Waals surface area contributed by atoms with Gasteiger partial charge in [-0.1, -0.05) is 86.5 Å². The van der Waals surface area contributed by atoms with Gasteiger partial charge in [-0.25, -0.2) is 4.99 Å². The summed E-state index contributed by atoms with van der Waals surface area (Å²) in [7, 11) is 1.43. The molecule has 4 aromatic rings. The molecule has 2 aliphatic rings. The number of aromatic amines is 1. The second-order valence-electron chi connectivity index (χ2n) is 10.8. The number of esters is 1. The van der Waals surface area contributed by atoms with Crippen molar-refractivity contribution in [1.82, 2.24) is 30.4 Å². The van der Waals surface area contributed by atoms with Gasteiger partial charge in [0.2, 0.25) is 5.82 Å². The lowest BCUT2D eigenvalue weighted by Crippen LogP contribution is -2.48. The molecular formula is C33H36N8O2. The summed E-state index contributed by atoms with van der Waals surface area (Å²) >= 11 is 0. The molecule has 43 heavy (non-hydrogen) atoms. The maximum absolute atomic E-state index is 12.4. The van der Waals surface area contributed by atoms with Gasteiger partial charge in [0.05, 0.1) is 19.5 Å². The van der Waals surface area contributed by atoms with Crippen LogP contribution in [-0.4, -0.2) is 68.7 Å². The van der Waals surface area contributed by atoms with Crippen molar-refractivity contribution in [3.8, 4) is 22.5 Å². The van der Waals surface area contributed by atoms with Crippen LogP contribution in [0.2, 0.25) is 0 Å². The fraction of sp³-hybridized carbons (Fsp3) is 0.303. The Labute approximate surface area is 251 Å². The number of H-pyrrole nitrogens is 1. The van der Waals surface area contributed by atoms with Gasteiger partial charge in [0.1, 0.15) is 12.7 Å². The first kappa shape index (κ1) is 28.1. The van der Waals surface area contributed by atoms with Crippen LogP contribution in [0.15, 0.2) is 95.8 Å². The smallest absolute Gasteiger partial charge is 0.325 e. The van der Waals surface area contributed by atoms with Crippen molar-refractivity contribution >= 4 is 17.5 Å². The van der Waals surface area contributed by atoms with E-state index in [9.17, 15) is 4.79 Å². The minimum absolute atomic E-state index is 0.0117. The molecule has 1 N–H and O–H groups in total. The first-order chi connectivity index (χ1) is 21.1. The van der Waals surface area contributed by atoms with Crippen molar-refractivity contribution in [3.63, 3.8) is 0 Å². The number of nitrogens with one attached hydrogen (secondary N) is 1. The number of carbonyl (C=O) groups is 1. The Kier molecular flexibility index (Phi) is 8.44. The number of aliphatic imine (C=N–C) groups is 1. The average molecular weight is 577 g/mol. The molecule has 0 amide bonds. The van der Waals surface area contributed by atoms with Crippen LogP contribution in [0.25, 0.3) is 22.5 Å². The molecule has 0 bridgehead atoms. The van der Waals surface area contributed by atoms with Gasteiger partial charge in [-0.2, -0.15) is 5.21 Å². The maximum Gasteiger partial charge on any atom is 0.325 e. The summed E-state index contributed by atoms with van der Waals surface area (Å²) in [5.41, 5.74) is 6.31. The molecule has 2 aliphatic heterocycles. The fourth-order valence-corrected chi connectivity index (χ4v) is 5.68. The molecule has 1 aromatic heterocycles. The summed E-state index contributed by atoms with van der Waals surface area (Å²) in [5, 5.41) is 14.6. The number of tetrazole rings is 1. The number of hydrogen-bond donors (Lipinski definition) is 1. The molecule has 0 saturated heterocycles. The lowest BCUT2D eigenvalue weighted by molar-refractivity contribution is -0.141. The number of ether oxygens (including phenoxy) is 1. The zero-order valence-electron chi connectivity index (χ0n) is 24.6. The number of hydrogen-bond acceptors (Lipinski definition) is 9. The van der Waals surface area contributed by atoms with E-state index < -0.39 is 0 Å². The van der Waals surface area contributed by atoms with Crippen molar-refractivity contribution < 1.29 is 9.53 Å². The highest BCUT2D eigenvalue weighted by molar-refractivity contribution is 6.02. The van der Waals surface area contributed by atoms with Crippen LogP contribution in [0, 0.1) is 0 Å². The molecule has 0 spiro atoms. The van der Waals surface area contributed by atoms with Gasteiger partial charge < -0.3 is 19.4 Å². The number of aromatic nitrogens is 4. The van der Waals surface area contributed by atoms with E-state index in [0.29, 0.717) is 19.0 Å². The summed E-state index contributed by atoms with van der Waals surface area (Å²) in [5.74, 6) is 1.14. The van der Waals surface area contributed by atoms with Gasteiger partial charge in [-0.15, -0.1) is 10.2 Å². The van der Waals surface area contributed by atoms with E-state index in [1.807, 2.05) is 41.3 Å². The van der Waals surface area contributed by atoms with Crippen LogP contribution in [0.5, 0.6) is 0 Å². The quantitative estimate of drug-likeness (QED) is 0.186. The number of carbonyl (C=O) groups excluding carboxylic acids is 1. The molecule has 0 fully saturated rings. The zero-order chi connectivity index (χ0) is 29.6. The van der Waals surface area contributed by atoms with Gasteiger partial charge in [-0.05, 0) is 46.9 Å². The lowest BCUT2D eigenvalue weighted by Gasteiger charge is -2.37. The number of methoxy groups -OCH3 is 1. The van der Waals surface area contributed by atoms with Crippen LogP contribution in [-0.2, 0) is 16.1 Å². The Hall–Kier alpha value is -4.99. The molecule has 1 unspecified atom stereocenters. The number of rotatable bonds is 11. The summed E-state index contributed by atoms with van der Waals surface area (Å²) < 4.78 is 5.05. The van der Waals surface area contributed by atoms with Crippen molar-refractivity contribution in [2.45, 2.75) is 45.3 Å². The Bertz CT molecular complexity index is 1580. The standard InChI is InChI=1S/C33H36N8O2/c1-3-4-6-15-30-34-33-29(21-39(26-11-7-5-8-12-26)23-40(33)22-31(42)43-2)41(30)20-24-16-18-25(19-17-24)27-13-9-10-14-28(27)32-35-37-38-36-32/h5,7-14,16-19,21,30H,3-4,6,15,20,22-23H2,1-2H3,(H,35,36,37,38). The molecule has 220 valence electrons. The van der Waals surface area contributed by atoms with Crippen LogP contribution in [0.3, 0.4) is 0 Å². The summed E-state index contributed by atoms with van der Waals surface area (Å²) in [6, 6.07) is 27.0. The Balaban J connectivity index is 1.31. The zero-order valence-corrected chi connectivity index (χ0v) is 24.6. The predicted octanol–water partition coefficient (Wildman–Crippen LogP) is 5.45. The number of anilines is 1. The second kappa shape index (κ2) is 12.9. The average Bonchev–Trinajstić information content (AvgIpc) is 3.71. The number of para-hydroxylation sites is 1. The lowest BCUT2D eigenvalue weighted by atomic mass is 9.98. The highest BCUT2D eigenvalue weighted by Crippen LogP contribution is 2.34. The molecule has 3 aromatic carbocycles. The van der Waals surface area contributed by atoms with E-state index in [1.54, 1.807) is 0 Å². The SMILES string of the molecule is CCCCCC1N=C2C(=CN(c3ccccc3)CN2CC(=O)OC)N1Cc1ccc(-c2ccccc2-c2nn[nH]n2)cc1. The van der Waals surface area contributed by atoms with Crippen LogP contribution in [0.4, 0.5) is 5.69 Å². The Morgan fingerprint density at radius 2 is 1.74 bits per heavy atom. The first-order valence-electron chi connectivity index (χ1n) is 14.8. The van der Waals surface area contributed by atoms with Crippen molar-refractivity contribution in [1.29, 1.82) is 0 Å². The topological polar surface area (TPSA) is 103 Å². The first-order valence-corrected chi connectivity index (χ1v) is 14.8. The van der Waals surface area contributed by atoms with E-state index in [0.717, 1.165) is 59.6 Å². The summed E-state index contributed by atoms with van der Waals surface area (Å²) in [6.07, 6.45) is 6.51. The van der Waals surface area contributed by atoms with Crippen molar-refractivity contribution in [2.24, 2.45) is 4.99 Å². The van der Waals surface area contributed by atoms with E-state index in [2.05, 4.69) is 86.0 Å². The minimum Gasteiger partial charge on any atom is -0.468 e. The van der Waals surface area contributed by atoms with E-state index in [-0.39, 0.29) is 18.7 Å². The number of fused-ring (bicyclic) bond motifs is 1. The number of unbranched alkanes of at least 4 members (excludes halogenated alkanes) is 2. The van der Waals surface area contributed by atoms with Crippen LogP contribution < -0.4 is 4.90 Å². The van der Waals surface area contributed by atoms with Crippen LogP contribution >= 0.6 is 0 Å². The highest BCUT2D eigenvalue weighted by atomic mass is 16.5. The Morgan fingerprint density at radius 3 is 2.47 bits per heavy atom. The fourth-order valence-electron chi connectivity index (χ4n) is 5.68. The third-order valence-corrected chi connectivity index (χ3v) is 7.90. The molecule has 0 saturated carbocycles. The molecule has 1 atom stereocenters. The molecule has 0 aliphatic carbocycles. The monoisotopic (exact) mass is 576 g/mol. The maximum atomic E-state index is 12.4. The third-order valence-electron chi connectivity index (χ3n) is 7.90. The van der Waals surface area contributed by atoms with Gasteiger partial charge in [-0.3, -0.25) is 4.79 Å². The second-order valence-corrected chi connectivity index (χ2v) is 10.8. The summed E-state index contributed by atoms with van der Waals surface area (Å²) in [4.78, 5) is 24.2. The normalized spacial score (nSPS) is 16.1. The number of benzene rings is 3. The van der Waals surface area contributed by atoms with Crippen LogP contribution in [0.1, 0.15) is 38.2 Å². The van der Waals surface area contributed by atoms with Crippen molar-refractivity contribution in [3.05, 3.63) is 96.3 Å². The molecular weight excluding hydrogens is 540 g/mol. The third kappa shape index (κ3) is 6.13. The van der Waals surface area contributed by atoms with E-state index in [4.69, 9.17) is 9.73 Å². The molecule has 3 heterocycles.